The van der Waals surface area contributed by atoms with Crippen molar-refractivity contribution >= 4 is 16.7 Å². The van der Waals surface area contributed by atoms with Crippen LogP contribution in [-0.4, -0.2) is 47.1 Å². The molecule has 2 N–H and O–H groups in total. The molecule has 0 saturated heterocycles. The molecule has 1 aliphatic carbocycles. The first kappa shape index (κ1) is 26.9. The fraction of sp³-hybridized carbons (Fsp3) is 0.481. The van der Waals surface area contributed by atoms with Crippen molar-refractivity contribution in [1.29, 1.82) is 0 Å². The predicted octanol–water partition coefficient (Wildman–Crippen LogP) is 5.68. The van der Waals surface area contributed by atoms with Gasteiger partial charge in [0.05, 0.1) is 36.9 Å². The molecule has 1 atom stereocenters. The van der Waals surface area contributed by atoms with Crippen LogP contribution in [0.4, 0.5) is 19.0 Å². The highest BCUT2D eigenvalue weighted by molar-refractivity contribution is 5.92. The number of benzene rings is 2. The molecule has 37 heavy (non-hydrogen) atoms. The highest BCUT2D eigenvalue weighted by Crippen LogP contribution is 2.42. The number of halogens is 3. The zero-order valence-electron chi connectivity index (χ0n) is 21.6. The maximum absolute atomic E-state index is 15.3. The Morgan fingerprint density at radius 2 is 1.86 bits per heavy atom. The van der Waals surface area contributed by atoms with Crippen LogP contribution in [0.2, 0.25) is 0 Å². The summed E-state index contributed by atoms with van der Waals surface area (Å²) in [7, 11) is 1.53. The van der Waals surface area contributed by atoms with Gasteiger partial charge in [0.25, 0.3) is 0 Å². The van der Waals surface area contributed by atoms with Gasteiger partial charge < -0.3 is 24.6 Å². The molecule has 1 aliphatic rings. The summed E-state index contributed by atoms with van der Waals surface area (Å²) in [5, 5.41) is 13.7. The number of anilines is 1. The highest BCUT2D eigenvalue weighted by atomic mass is 19.3. The molecule has 10 heteroatoms. The van der Waals surface area contributed by atoms with E-state index in [1.54, 1.807) is 26.0 Å². The molecule has 3 aromatic rings. The van der Waals surface area contributed by atoms with E-state index in [9.17, 15) is 13.9 Å². The highest BCUT2D eigenvalue weighted by Gasteiger charge is 2.49. The normalized spacial score (nSPS) is 15.1. The average molecular weight is 520 g/mol. The first-order valence-electron chi connectivity index (χ1n) is 12.2. The summed E-state index contributed by atoms with van der Waals surface area (Å²) in [4.78, 5) is 8.95. The van der Waals surface area contributed by atoms with Gasteiger partial charge in [-0.25, -0.2) is 14.4 Å². The van der Waals surface area contributed by atoms with Crippen LogP contribution in [0.5, 0.6) is 11.5 Å². The van der Waals surface area contributed by atoms with Crippen LogP contribution in [0.3, 0.4) is 0 Å². The molecular formula is C27H32F3N3O4. The number of ether oxygens (including phenoxy) is 3. The fourth-order valence-corrected chi connectivity index (χ4v) is 3.98. The van der Waals surface area contributed by atoms with E-state index in [-0.39, 0.29) is 5.56 Å². The average Bonchev–Trinajstić information content (AvgIpc) is 3.65. The van der Waals surface area contributed by atoms with Gasteiger partial charge in [0, 0.05) is 17.0 Å². The van der Waals surface area contributed by atoms with Gasteiger partial charge in [-0.05, 0) is 52.7 Å². The van der Waals surface area contributed by atoms with Crippen molar-refractivity contribution in [3.63, 3.8) is 0 Å². The van der Waals surface area contributed by atoms with Crippen molar-refractivity contribution in [2.45, 2.75) is 64.2 Å². The van der Waals surface area contributed by atoms with Gasteiger partial charge >= 0.3 is 5.92 Å². The molecule has 0 radical (unpaired) electrons. The van der Waals surface area contributed by atoms with Crippen molar-refractivity contribution in [3.8, 4) is 11.5 Å². The van der Waals surface area contributed by atoms with Crippen molar-refractivity contribution in [2.24, 2.45) is 0 Å². The fourth-order valence-electron chi connectivity index (χ4n) is 3.98. The van der Waals surface area contributed by atoms with Crippen LogP contribution in [-0.2, 0) is 10.7 Å². The van der Waals surface area contributed by atoms with E-state index in [4.69, 9.17) is 14.2 Å². The predicted molar refractivity (Wildman–Crippen MR) is 134 cm³/mol. The summed E-state index contributed by atoms with van der Waals surface area (Å²) in [6.07, 6.45) is 2.46. The maximum atomic E-state index is 15.3. The second-order valence-electron chi connectivity index (χ2n) is 9.77. The Bertz CT molecular complexity index is 1280. The summed E-state index contributed by atoms with van der Waals surface area (Å²) >= 11 is 0. The van der Waals surface area contributed by atoms with Crippen LogP contribution < -0.4 is 14.8 Å². The van der Waals surface area contributed by atoms with Gasteiger partial charge in [-0.3, -0.25) is 0 Å². The van der Waals surface area contributed by atoms with E-state index >= 15 is 4.39 Å². The third-order valence-corrected chi connectivity index (χ3v) is 6.27. The Morgan fingerprint density at radius 3 is 2.51 bits per heavy atom. The van der Waals surface area contributed by atoms with Gasteiger partial charge in [-0.2, -0.15) is 8.78 Å². The van der Waals surface area contributed by atoms with Crippen LogP contribution in [0, 0.1) is 12.7 Å². The number of rotatable bonds is 11. The number of fused-ring (bicyclic) bond motifs is 1. The lowest BCUT2D eigenvalue weighted by Gasteiger charge is -2.30. The SMILES string of the molecule is COc1cc2nc(C)nc(NC(C)c3cccc(C(F)(F)C(C)(C)O)c3F)c2cc1OCCOC1CC1. The van der Waals surface area contributed by atoms with Crippen LogP contribution in [0.25, 0.3) is 10.9 Å². The van der Waals surface area contributed by atoms with Gasteiger partial charge in [0.1, 0.15) is 29.7 Å². The van der Waals surface area contributed by atoms with Gasteiger partial charge in [0.15, 0.2) is 11.5 Å². The van der Waals surface area contributed by atoms with Crippen molar-refractivity contribution < 1.29 is 32.5 Å². The summed E-state index contributed by atoms with van der Waals surface area (Å²) in [5.41, 5.74) is -2.73. The van der Waals surface area contributed by atoms with Gasteiger partial charge in [0.2, 0.25) is 0 Å². The molecule has 0 spiro atoms. The molecule has 1 aromatic heterocycles. The smallest absolute Gasteiger partial charge is 0.303 e. The second-order valence-corrected chi connectivity index (χ2v) is 9.77. The molecule has 7 nitrogen and oxygen atoms in total. The lowest BCUT2D eigenvalue weighted by molar-refractivity contribution is -0.170. The summed E-state index contributed by atoms with van der Waals surface area (Å²) in [5.74, 6) is -3.09. The van der Waals surface area contributed by atoms with E-state index in [0.717, 1.165) is 32.8 Å². The van der Waals surface area contributed by atoms with Gasteiger partial charge in [-0.15, -0.1) is 0 Å². The molecule has 0 bridgehead atoms. The van der Waals surface area contributed by atoms with Crippen molar-refractivity contribution in [2.75, 3.05) is 25.6 Å². The quantitative estimate of drug-likeness (QED) is 0.315. The molecule has 1 fully saturated rings. The Hall–Kier alpha value is -3.11. The van der Waals surface area contributed by atoms with Crippen molar-refractivity contribution in [3.05, 3.63) is 53.1 Å². The standard InChI is InChI=1S/C27H32F3N3O4/c1-15(18-7-6-8-20(24(18)28)27(29,30)26(3,4)34)31-25-19-13-23(37-12-11-36-17-9-10-17)22(35-5)14-21(19)32-16(2)33-25/h6-8,13-15,17,34H,9-12H2,1-5H3,(H,31,32,33). The minimum atomic E-state index is -3.79. The summed E-state index contributed by atoms with van der Waals surface area (Å²) < 4.78 is 61.9. The number of hydrogen-bond acceptors (Lipinski definition) is 7. The minimum absolute atomic E-state index is 0.00745. The van der Waals surface area contributed by atoms with E-state index in [1.165, 1.54) is 19.2 Å². The van der Waals surface area contributed by atoms with E-state index in [0.29, 0.717) is 53.4 Å². The number of methoxy groups -OCH3 is 1. The number of aliphatic hydroxyl groups is 1. The van der Waals surface area contributed by atoms with E-state index in [1.807, 2.05) is 0 Å². The van der Waals surface area contributed by atoms with Crippen LogP contribution >= 0.6 is 0 Å². The first-order valence-corrected chi connectivity index (χ1v) is 12.2. The maximum Gasteiger partial charge on any atom is 0.303 e. The summed E-state index contributed by atoms with van der Waals surface area (Å²) in [6.45, 7) is 6.03. The number of nitrogens with one attached hydrogen (secondary N) is 1. The largest absolute Gasteiger partial charge is 0.493 e. The Kier molecular flexibility index (Phi) is 7.52. The molecule has 2 aromatic carbocycles. The minimum Gasteiger partial charge on any atom is -0.493 e. The van der Waals surface area contributed by atoms with Crippen LogP contribution in [0.1, 0.15) is 56.6 Å². The number of aryl methyl sites for hydroxylation is 1. The molecule has 4 rings (SSSR count). The van der Waals surface area contributed by atoms with Crippen LogP contribution in [0.15, 0.2) is 30.3 Å². The van der Waals surface area contributed by atoms with Crippen molar-refractivity contribution in [1.82, 2.24) is 9.97 Å². The Morgan fingerprint density at radius 1 is 1.14 bits per heavy atom. The molecule has 0 aliphatic heterocycles. The topological polar surface area (TPSA) is 85.7 Å². The molecular weight excluding hydrogens is 487 g/mol. The lowest BCUT2D eigenvalue weighted by atomic mass is 9.91. The third kappa shape index (κ3) is 5.75. The van der Waals surface area contributed by atoms with E-state index < -0.39 is 28.9 Å². The molecule has 200 valence electrons. The summed E-state index contributed by atoms with van der Waals surface area (Å²) in [6, 6.07) is 6.46. The second kappa shape index (κ2) is 10.3. The number of hydrogen-bond donors (Lipinski definition) is 2. The monoisotopic (exact) mass is 519 g/mol. The third-order valence-electron chi connectivity index (χ3n) is 6.27. The molecule has 1 unspecified atom stereocenters. The zero-order valence-corrected chi connectivity index (χ0v) is 21.6. The lowest BCUT2D eigenvalue weighted by Crippen LogP contribution is -2.41. The molecule has 1 heterocycles. The first-order chi connectivity index (χ1) is 17.4. The van der Waals surface area contributed by atoms with E-state index in [2.05, 4.69) is 15.3 Å². The molecule has 1 saturated carbocycles. The van der Waals surface area contributed by atoms with Gasteiger partial charge in [-0.1, -0.05) is 12.1 Å². The Balaban J connectivity index is 1.65. The number of aromatic nitrogens is 2. The molecule has 0 amide bonds. The number of alkyl halides is 2. The zero-order chi connectivity index (χ0) is 27.0. The number of nitrogens with zero attached hydrogens (tertiary/aromatic N) is 2. The Labute approximate surface area is 214 Å².